The van der Waals surface area contributed by atoms with E-state index in [0.29, 0.717) is 30.2 Å². The number of ether oxygens (including phenoxy) is 1. The number of carbonyl (C=O) groups is 1. The summed E-state index contributed by atoms with van der Waals surface area (Å²) in [4.78, 5) is 14.6. The second-order valence-corrected chi connectivity index (χ2v) is 8.54. The molecule has 1 amide bonds. The van der Waals surface area contributed by atoms with E-state index in [9.17, 15) is 13.2 Å². The van der Waals surface area contributed by atoms with Crippen molar-refractivity contribution in [1.29, 1.82) is 0 Å². The lowest BCUT2D eigenvalue weighted by Crippen LogP contribution is -2.53. The predicted octanol–water partition coefficient (Wildman–Crippen LogP) is 2.04. The van der Waals surface area contributed by atoms with Crippen molar-refractivity contribution >= 4 is 16.1 Å². The molecule has 0 bridgehead atoms. The van der Waals surface area contributed by atoms with Gasteiger partial charge in [-0.15, -0.1) is 0 Å². The molecule has 0 aromatic heterocycles. The minimum atomic E-state index is -3.46. The highest BCUT2D eigenvalue weighted by Crippen LogP contribution is 2.26. The number of hydrogen-bond donors (Lipinski definition) is 0. The van der Waals surface area contributed by atoms with E-state index in [1.54, 1.807) is 23.1 Å². The Kier molecular flexibility index (Phi) is 5.79. The number of nitrogens with zero attached hydrogens (tertiary/aromatic N) is 3. The lowest BCUT2D eigenvalue weighted by Gasteiger charge is -2.35. The zero-order chi connectivity index (χ0) is 19.4. The van der Waals surface area contributed by atoms with Gasteiger partial charge in [-0.2, -0.15) is 17.0 Å². The number of benzene rings is 2. The predicted molar refractivity (Wildman–Crippen MR) is 103 cm³/mol. The van der Waals surface area contributed by atoms with Crippen LogP contribution < -0.4 is 4.74 Å². The molecule has 0 radical (unpaired) electrons. The first-order valence-electron chi connectivity index (χ1n) is 8.68. The van der Waals surface area contributed by atoms with Crippen LogP contribution in [0.2, 0.25) is 0 Å². The van der Waals surface area contributed by atoms with Crippen molar-refractivity contribution < 1.29 is 17.9 Å². The number of amides is 1. The summed E-state index contributed by atoms with van der Waals surface area (Å²) >= 11 is 0. The summed E-state index contributed by atoms with van der Waals surface area (Å²) in [6, 6.07) is 16.4. The fourth-order valence-corrected chi connectivity index (χ4v) is 3.96. The third-order valence-electron chi connectivity index (χ3n) is 4.40. The normalized spacial score (nSPS) is 15.7. The van der Waals surface area contributed by atoms with Gasteiger partial charge in [-0.1, -0.05) is 30.3 Å². The van der Waals surface area contributed by atoms with Gasteiger partial charge in [0.25, 0.3) is 16.1 Å². The first-order chi connectivity index (χ1) is 12.9. The summed E-state index contributed by atoms with van der Waals surface area (Å²) in [5.41, 5.74) is 0.463. The molecule has 144 valence electrons. The molecule has 0 unspecified atom stereocenters. The fourth-order valence-electron chi connectivity index (χ4n) is 2.87. The van der Waals surface area contributed by atoms with Gasteiger partial charge in [0.05, 0.1) is 5.56 Å². The Balaban J connectivity index is 1.72. The summed E-state index contributed by atoms with van der Waals surface area (Å²) in [7, 11) is -0.451. The maximum atomic E-state index is 13.0. The van der Waals surface area contributed by atoms with Gasteiger partial charge < -0.3 is 9.64 Å². The van der Waals surface area contributed by atoms with Crippen LogP contribution in [-0.4, -0.2) is 68.1 Å². The van der Waals surface area contributed by atoms with Crippen molar-refractivity contribution in [3.63, 3.8) is 0 Å². The standard InChI is InChI=1S/C19H23N3O4S/c1-20(2)27(24,25)22-14-12-21(13-15-22)19(23)17-10-6-7-11-18(17)26-16-8-4-3-5-9-16/h3-11H,12-15H2,1-2H3. The minimum absolute atomic E-state index is 0.163. The summed E-state index contributed by atoms with van der Waals surface area (Å²) in [5.74, 6) is 0.972. The van der Waals surface area contributed by atoms with Crippen LogP contribution in [0.4, 0.5) is 0 Å². The van der Waals surface area contributed by atoms with E-state index in [0.717, 1.165) is 0 Å². The maximum absolute atomic E-state index is 13.0. The zero-order valence-corrected chi connectivity index (χ0v) is 16.2. The molecule has 1 aliphatic rings. The van der Waals surface area contributed by atoms with Crippen LogP contribution in [0.25, 0.3) is 0 Å². The summed E-state index contributed by atoms with van der Waals surface area (Å²) < 4.78 is 32.9. The molecule has 27 heavy (non-hydrogen) atoms. The topological polar surface area (TPSA) is 70.2 Å². The van der Waals surface area contributed by atoms with Gasteiger partial charge in [-0.25, -0.2) is 0 Å². The number of piperazine rings is 1. The second-order valence-electron chi connectivity index (χ2n) is 6.39. The maximum Gasteiger partial charge on any atom is 0.281 e. The molecule has 0 N–H and O–H groups in total. The molecule has 1 heterocycles. The van der Waals surface area contributed by atoms with Crippen molar-refractivity contribution in [1.82, 2.24) is 13.5 Å². The van der Waals surface area contributed by atoms with Gasteiger partial charge in [0.1, 0.15) is 11.5 Å². The molecule has 7 nitrogen and oxygen atoms in total. The molecular formula is C19H23N3O4S. The van der Waals surface area contributed by atoms with E-state index in [1.807, 2.05) is 36.4 Å². The van der Waals surface area contributed by atoms with Crippen LogP contribution in [-0.2, 0) is 10.2 Å². The average Bonchev–Trinajstić information content (AvgIpc) is 2.68. The van der Waals surface area contributed by atoms with Crippen LogP contribution in [0.3, 0.4) is 0 Å². The largest absolute Gasteiger partial charge is 0.457 e. The van der Waals surface area contributed by atoms with Gasteiger partial charge in [-0.3, -0.25) is 4.79 Å². The highest BCUT2D eigenvalue weighted by Gasteiger charge is 2.31. The summed E-state index contributed by atoms with van der Waals surface area (Å²) in [5, 5.41) is 0. The van der Waals surface area contributed by atoms with Crippen LogP contribution in [0.5, 0.6) is 11.5 Å². The number of carbonyl (C=O) groups excluding carboxylic acids is 1. The van der Waals surface area contributed by atoms with Crippen LogP contribution in [0.15, 0.2) is 54.6 Å². The molecule has 8 heteroatoms. The van der Waals surface area contributed by atoms with Crippen LogP contribution in [0.1, 0.15) is 10.4 Å². The van der Waals surface area contributed by atoms with Crippen molar-refractivity contribution in [2.24, 2.45) is 0 Å². The SMILES string of the molecule is CN(C)S(=O)(=O)N1CCN(C(=O)c2ccccc2Oc2ccccc2)CC1. The monoisotopic (exact) mass is 389 g/mol. The van der Waals surface area contributed by atoms with Crippen LogP contribution in [0, 0.1) is 0 Å². The number of para-hydroxylation sites is 2. The Morgan fingerprint density at radius 1 is 0.926 bits per heavy atom. The molecule has 1 aliphatic heterocycles. The highest BCUT2D eigenvalue weighted by molar-refractivity contribution is 7.86. The third kappa shape index (κ3) is 4.29. The molecule has 0 spiro atoms. The third-order valence-corrected chi connectivity index (χ3v) is 6.34. The Morgan fingerprint density at radius 2 is 1.52 bits per heavy atom. The molecule has 3 rings (SSSR count). The smallest absolute Gasteiger partial charge is 0.281 e. The van der Waals surface area contributed by atoms with E-state index >= 15 is 0 Å². The van der Waals surface area contributed by atoms with Crippen molar-refractivity contribution in [3.05, 3.63) is 60.2 Å². The fraction of sp³-hybridized carbons (Fsp3) is 0.316. The Morgan fingerprint density at radius 3 is 2.15 bits per heavy atom. The Hall–Kier alpha value is -2.42. The summed E-state index contributed by atoms with van der Waals surface area (Å²) in [6.07, 6.45) is 0. The van der Waals surface area contributed by atoms with Crippen molar-refractivity contribution in [2.45, 2.75) is 0 Å². The Labute approximate surface area is 159 Å². The van der Waals surface area contributed by atoms with Crippen molar-refractivity contribution in [3.8, 4) is 11.5 Å². The molecule has 2 aromatic carbocycles. The molecule has 0 atom stereocenters. The lowest BCUT2D eigenvalue weighted by atomic mass is 10.1. The van der Waals surface area contributed by atoms with Gasteiger partial charge in [0.2, 0.25) is 0 Å². The zero-order valence-electron chi connectivity index (χ0n) is 15.4. The molecule has 0 aliphatic carbocycles. The minimum Gasteiger partial charge on any atom is -0.457 e. The summed E-state index contributed by atoms with van der Waals surface area (Å²) in [6.45, 7) is 1.22. The van der Waals surface area contributed by atoms with E-state index in [2.05, 4.69) is 0 Å². The van der Waals surface area contributed by atoms with Gasteiger partial charge in [0, 0.05) is 40.3 Å². The van der Waals surface area contributed by atoms with E-state index in [1.165, 1.54) is 22.7 Å². The lowest BCUT2D eigenvalue weighted by molar-refractivity contribution is 0.0692. The van der Waals surface area contributed by atoms with E-state index < -0.39 is 10.2 Å². The molecule has 2 aromatic rings. The second kappa shape index (κ2) is 8.08. The molecule has 1 fully saturated rings. The average molecular weight is 389 g/mol. The van der Waals surface area contributed by atoms with Gasteiger partial charge >= 0.3 is 0 Å². The first-order valence-corrected chi connectivity index (χ1v) is 10.1. The highest BCUT2D eigenvalue weighted by atomic mass is 32.2. The van der Waals surface area contributed by atoms with E-state index in [-0.39, 0.29) is 19.0 Å². The van der Waals surface area contributed by atoms with Crippen molar-refractivity contribution in [2.75, 3.05) is 40.3 Å². The number of hydrogen-bond acceptors (Lipinski definition) is 4. The van der Waals surface area contributed by atoms with Gasteiger partial charge in [-0.05, 0) is 24.3 Å². The van der Waals surface area contributed by atoms with Crippen LogP contribution >= 0.6 is 0 Å². The van der Waals surface area contributed by atoms with Gasteiger partial charge in [0.15, 0.2) is 0 Å². The molecule has 0 saturated carbocycles. The molecular weight excluding hydrogens is 366 g/mol. The first kappa shape index (κ1) is 19.3. The Bertz CT molecular complexity index is 892. The number of rotatable bonds is 5. The quantitative estimate of drug-likeness (QED) is 0.785. The van der Waals surface area contributed by atoms with E-state index in [4.69, 9.17) is 4.74 Å². The molecule has 1 saturated heterocycles.